The maximum Gasteiger partial charge on any atom is 0.279 e. The summed E-state index contributed by atoms with van der Waals surface area (Å²) in [5.74, 6) is 0. The minimum Gasteiger partial charge on any atom is -0.389 e. The number of β-amino-alcohol motifs (C(OH)–C–C–N with tert-alkyl or cyclic N) is 1. The Labute approximate surface area is 104 Å². The van der Waals surface area contributed by atoms with Crippen molar-refractivity contribution in [2.75, 3.05) is 39.3 Å². The van der Waals surface area contributed by atoms with Crippen molar-refractivity contribution in [1.29, 1.82) is 0 Å². The fourth-order valence-corrected chi connectivity index (χ4v) is 3.14. The van der Waals surface area contributed by atoms with Crippen molar-refractivity contribution >= 4 is 10.2 Å². The van der Waals surface area contributed by atoms with Crippen LogP contribution < -0.4 is 4.72 Å². The number of piperazine rings is 1. The molecule has 1 saturated heterocycles. The van der Waals surface area contributed by atoms with E-state index < -0.39 is 15.8 Å². The first kappa shape index (κ1) is 14.8. The van der Waals surface area contributed by atoms with E-state index >= 15 is 0 Å². The minimum atomic E-state index is -3.31. The normalized spacial score (nSPS) is 20.7. The average Bonchev–Trinajstić information content (AvgIpc) is 2.15. The molecule has 0 amide bonds. The summed E-state index contributed by atoms with van der Waals surface area (Å²) in [6.45, 7) is 8.54. The van der Waals surface area contributed by atoms with E-state index in [1.54, 1.807) is 20.8 Å². The molecule has 0 aromatic carbocycles. The van der Waals surface area contributed by atoms with Crippen molar-refractivity contribution in [2.45, 2.75) is 26.4 Å². The zero-order valence-corrected chi connectivity index (χ0v) is 11.6. The molecule has 0 unspecified atom stereocenters. The van der Waals surface area contributed by atoms with Crippen molar-refractivity contribution in [1.82, 2.24) is 13.9 Å². The summed E-state index contributed by atoms with van der Waals surface area (Å²) >= 11 is 0. The van der Waals surface area contributed by atoms with Gasteiger partial charge in [-0.05, 0) is 13.8 Å². The predicted octanol–water partition coefficient (Wildman–Crippen LogP) is -0.771. The van der Waals surface area contributed by atoms with Gasteiger partial charge in [-0.2, -0.15) is 12.7 Å². The second kappa shape index (κ2) is 5.62. The highest BCUT2D eigenvalue weighted by Gasteiger charge is 2.28. The highest BCUT2D eigenvalue weighted by Crippen LogP contribution is 2.10. The van der Waals surface area contributed by atoms with E-state index in [4.69, 9.17) is 0 Å². The lowest BCUT2D eigenvalue weighted by atomic mass is 10.1. The molecule has 0 bridgehead atoms. The first-order valence-electron chi connectivity index (χ1n) is 5.94. The lowest BCUT2D eigenvalue weighted by Crippen LogP contribution is -2.54. The quantitative estimate of drug-likeness (QED) is 0.684. The third kappa shape index (κ3) is 4.89. The van der Waals surface area contributed by atoms with Crippen molar-refractivity contribution in [3.05, 3.63) is 0 Å². The van der Waals surface area contributed by atoms with Crippen LogP contribution in [0.25, 0.3) is 0 Å². The average molecular weight is 265 g/mol. The number of rotatable bonds is 5. The van der Waals surface area contributed by atoms with Crippen LogP contribution in [0.3, 0.4) is 0 Å². The van der Waals surface area contributed by atoms with E-state index in [-0.39, 0.29) is 0 Å². The predicted molar refractivity (Wildman–Crippen MR) is 66.9 cm³/mol. The Morgan fingerprint density at radius 1 is 1.24 bits per heavy atom. The first-order valence-corrected chi connectivity index (χ1v) is 7.38. The van der Waals surface area contributed by atoms with Gasteiger partial charge in [0.1, 0.15) is 0 Å². The zero-order chi connectivity index (χ0) is 13.1. The number of hydrogen-bond donors (Lipinski definition) is 2. The Balaban J connectivity index is 2.46. The molecule has 1 aliphatic heterocycles. The summed E-state index contributed by atoms with van der Waals surface area (Å²) in [6.07, 6.45) is 0. The Morgan fingerprint density at radius 2 is 1.76 bits per heavy atom. The summed E-state index contributed by atoms with van der Waals surface area (Å²) in [5.41, 5.74) is -0.733. The molecule has 0 aromatic heterocycles. The molecule has 6 nitrogen and oxygen atoms in total. The molecule has 1 heterocycles. The van der Waals surface area contributed by atoms with Gasteiger partial charge in [-0.25, -0.2) is 4.72 Å². The molecule has 0 saturated carbocycles. The largest absolute Gasteiger partial charge is 0.389 e. The second-order valence-electron chi connectivity index (χ2n) is 4.99. The maximum atomic E-state index is 11.7. The van der Waals surface area contributed by atoms with Crippen LogP contribution in [0, 0.1) is 0 Å². The summed E-state index contributed by atoms with van der Waals surface area (Å²) < 4.78 is 27.4. The molecule has 0 atom stereocenters. The van der Waals surface area contributed by atoms with Gasteiger partial charge in [-0.3, -0.25) is 4.90 Å². The van der Waals surface area contributed by atoms with Crippen LogP contribution in [0.2, 0.25) is 0 Å². The van der Waals surface area contributed by atoms with Crippen LogP contribution in [0.4, 0.5) is 0 Å². The third-order valence-corrected chi connectivity index (χ3v) is 4.31. The maximum absolute atomic E-state index is 11.7. The van der Waals surface area contributed by atoms with E-state index in [1.807, 2.05) is 0 Å². The number of nitrogens with one attached hydrogen (secondary N) is 1. The van der Waals surface area contributed by atoms with Gasteiger partial charge in [0.25, 0.3) is 10.2 Å². The van der Waals surface area contributed by atoms with Gasteiger partial charge in [-0.1, -0.05) is 6.92 Å². The van der Waals surface area contributed by atoms with Gasteiger partial charge >= 0.3 is 0 Å². The fraction of sp³-hybridized carbons (Fsp3) is 1.00. The topological polar surface area (TPSA) is 72.9 Å². The molecule has 1 aliphatic rings. The molecule has 0 aromatic rings. The van der Waals surface area contributed by atoms with Gasteiger partial charge in [0, 0.05) is 39.3 Å². The molecule has 1 rings (SSSR count). The van der Waals surface area contributed by atoms with E-state index in [0.29, 0.717) is 39.3 Å². The highest BCUT2D eigenvalue weighted by atomic mass is 32.2. The SMILES string of the molecule is CCNS(=O)(=O)N1CCN(CC(C)(C)O)CC1. The second-order valence-corrected chi connectivity index (χ2v) is 6.75. The van der Waals surface area contributed by atoms with E-state index in [9.17, 15) is 13.5 Å². The molecular weight excluding hydrogens is 242 g/mol. The molecule has 17 heavy (non-hydrogen) atoms. The molecule has 7 heteroatoms. The summed E-state index contributed by atoms with van der Waals surface area (Å²) in [4.78, 5) is 2.08. The Morgan fingerprint density at radius 3 is 2.18 bits per heavy atom. The van der Waals surface area contributed by atoms with Crippen LogP contribution in [-0.2, 0) is 10.2 Å². The van der Waals surface area contributed by atoms with E-state index in [2.05, 4.69) is 9.62 Å². The lowest BCUT2D eigenvalue weighted by molar-refractivity contribution is 0.0262. The summed E-state index contributed by atoms with van der Waals surface area (Å²) in [6, 6.07) is 0. The lowest BCUT2D eigenvalue weighted by Gasteiger charge is -2.36. The number of hydrogen-bond acceptors (Lipinski definition) is 4. The van der Waals surface area contributed by atoms with Crippen LogP contribution in [0.5, 0.6) is 0 Å². The van der Waals surface area contributed by atoms with Crippen LogP contribution in [-0.4, -0.2) is 67.6 Å². The van der Waals surface area contributed by atoms with Gasteiger partial charge in [0.15, 0.2) is 0 Å². The molecule has 2 N–H and O–H groups in total. The molecule has 0 radical (unpaired) electrons. The Kier molecular flexibility index (Phi) is 4.91. The standard InChI is InChI=1S/C10H23N3O3S/c1-4-11-17(15,16)13-7-5-12(6-8-13)9-10(2,3)14/h11,14H,4-9H2,1-3H3. The van der Waals surface area contributed by atoms with E-state index in [0.717, 1.165) is 0 Å². The first-order chi connectivity index (χ1) is 7.74. The number of nitrogens with zero attached hydrogens (tertiary/aromatic N) is 2. The van der Waals surface area contributed by atoms with E-state index in [1.165, 1.54) is 4.31 Å². The van der Waals surface area contributed by atoms with Crippen LogP contribution in [0.1, 0.15) is 20.8 Å². The highest BCUT2D eigenvalue weighted by molar-refractivity contribution is 7.87. The van der Waals surface area contributed by atoms with Gasteiger partial charge < -0.3 is 5.11 Å². The molecule has 0 spiro atoms. The summed E-state index contributed by atoms with van der Waals surface area (Å²) in [7, 11) is -3.31. The van der Waals surface area contributed by atoms with Crippen LogP contribution >= 0.6 is 0 Å². The molecule has 1 fully saturated rings. The van der Waals surface area contributed by atoms with Gasteiger partial charge in [0.2, 0.25) is 0 Å². The Hall–Kier alpha value is -0.210. The zero-order valence-electron chi connectivity index (χ0n) is 10.8. The molecule has 0 aliphatic carbocycles. The Bertz CT molecular complexity index is 329. The van der Waals surface area contributed by atoms with Gasteiger partial charge in [0.05, 0.1) is 5.60 Å². The smallest absolute Gasteiger partial charge is 0.279 e. The van der Waals surface area contributed by atoms with Crippen molar-refractivity contribution in [3.8, 4) is 0 Å². The van der Waals surface area contributed by atoms with Crippen molar-refractivity contribution in [2.24, 2.45) is 0 Å². The third-order valence-electron chi connectivity index (χ3n) is 2.61. The van der Waals surface area contributed by atoms with Gasteiger partial charge in [-0.15, -0.1) is 0 Å². The number of aliphatic hydroxyl groups is 1. The van der Waals surface area contributed by atoms with Crippen LogP contribution in [0.15, 0.2) is 0 Å². The monoisotopic (exact) mass is 265 g/mol. The van der Waals surface area contributed by atoms with Crippen molar-refractivity contribution in [3.63, 3.8) is 0 Å². The molecular formula is C10H23N3O3S. The van der Waals surface area contributed by atoms with Crippen molar-refractivity contribution < 1.29 is 13.5 Å². The minimum absolute atomic E-state index is 0.409. The fourth-order valence-electron chi connectivity index (χ4n) is 1.95. The summed E-state index contributed by atoms with van der Waals surface area (Å²) in [5, 5.41) is 9.69. The molecule has 102 valence electrons.